The fourth-order valence-electron chi connectivity index (χ4n) is 8.01. The van der Waals surface area contributed by atoms with E-state index in [0.29, 0.717) is 10.8 Å². The average molecular weight is 305 g/mol. The number of hydrogen-bond donors (Lipinski definition) is 1. The Morgan fingerprint density at radius 2 is 1.59 bits per heavy atom. The van der Waals surface area contributed by atoms with Gasteiger partial charge in [0.1, 0.15) is 0 Å². The maximum atomic E-state index is 10.1. The monoisotopic (exact) mass is 304 g/mol. The first-order valence-corrected chi connectivity index (χ1v) is 10.2. The molecule has 1 nitrogen and oxygen atoms in total. The van der Waals surface area contributed by atoms with E-state index < -0.39 is 0 Å². The zero-order chi connectivity index (χ0) is 15.5. The first kappa shape index (κ1) is 15.5. The molecule has 0 aromatic heterocycles. The van der Waals surface area contributed by atoms with Gasteiger partial charge in [0, 0.05) is 0 Å². The summed E-state index contributed by atoms with van der Waals surface area (Å²) in [6.07, 6.45) is 13.7. The number of fused-ring (bicyclic) bond motifs is 5. The van der Waals surface area contributed by atoms with Crippen molar-refractivity contribution in [2.45, 2.75) is 91.1 Å². The second-order valence-corrected chi connectivity index (χ2v) is 9.81. The third-order valence-corrected chi connectivity index (χ3v) is 9.33. The molecule has 0 unspecified atom stereocenters. The van der Waals surface area contributed by atoms with Crippen molar-refractivity contribution in [1.82, 2.24) is 0 Å². The average Bonchev–Trinajstić information content (AvgIpc) is 2.84. The van der Waals surface area contributed by atoms with Crippen LogP contribution in [0.2, 0.25) is 0 Å². The normalized spacial score (nSPS) is 57.8. The summed E-state index contributed by atoms with van der Waals surface area (Å²) in [5.41, 5.74) is 1.21. The molecule has 22 heavy (non-hydrogen) atoms. The Kier molecular flexibility index (Phi) is 3.68. The van der Waals surface area contributed by atoms with E-state index in [1.165, 1.54) is 51.4 Å². The number of hydrogen-bond acceptors (Lipinski definition) is 1. The minimum absolute atomic E-state index is 0.000524. The van der Waals surface area contributed by atoms with Crippen LogP contribution in [0.3, 0.4) is 0 Å². The highest BCUT2D eigenvalue weighted by Crippen LogP contribution is 2.67. The van der Waals surface area contributed by atoms with Gasteiger partial charge in [-0.1, -0.05) is 27.2 Å². The molecule has 4 fully saturated rings. The molecule has 0 bridgehead atoms. The van der Waals surface area contributed by atoms with Gasteiger partial charge < -0.3 is 5.11 Å². The van der Waals surface area contributed by atoms with Crippen molar-refractivity contribution in [2.24, 2.45) is 40.4 Å². The molecule has 0 spiro atoms. The third-order valence-electron chi connectivity index (χ3n) is 9.33. The van der Waals surface area contributed by atoms with Crippen molar-refractivity contribution in [3.05, 3.63) is 0 Å². The molecule has 0 aromatic rings. The molecular formula is C21H36O. The van der Waals surface area contributed by atoms with Crippen LogP contribution in [0.4, 0.5) is 0 Å². The first-order valence-electron chi connectivity index (χ1n) is 10.2. The molecule has 4 aliphatic rings. The standard InChI is InChI=1S/C21H36O/c1-4-14-6-8-18-17-7-5-15-13-16(22)9-11-21(15,3)19(17)10-12-20(14,18)2/h14-19,22H,4-13H2,1-3H3/t14-,15+,16+,17-,18-,19-,20-,21+/m1/s1. The molecule has 8 atom stereocenters. The summed E-state index contributed by atoms with van der Waals surface area (Å²) >= 11 is 0. The predicted octanol–water partition coefficient (Wildman–Crippen LogP) is 5.42. The maximum absolute atomic E-state index is 10.1. The van der Waals surface area contributed by atoms with Crippen LogP contribution in [-0.4, -0.2) is 11.2 Å². The van der Waals surface area contributed by atoms with Gasteiger partial charge in [-0.2, -0.15) is 0 Å². The molecule has 1 N–H and O–H groups in total. The lowest BCUT2D eigenvalue weighted by Crippen LogP contribution is -2.53. The zero-order valence-electron chi connectivity index (χ0n) is 15.0. The van der Waals surface area contributed by atoms with Crippen molar-refractivity contribution >= 4 is 0 Å². The molecule has 126 valence electrons. The minimum atomic E-state index is -0.000524. The van der Waals surface area contributed by atoms with Crippen LogP contribution in [0.25, 0.3) is 0 Å². The van der Waals surface area contributed by atoms with Crippen molar-refractivity contribution in [1.29, 1.82) is 0 Å². The SMILES string of the molecule is CC[C@@H]1CC[C@@H]2[C@H]3CC[C@H]4C[C@@H](O)CC[C@]4(C)[C@@H]3CC[C@]12C. The summed E-state index contributed by atoms with van der Waals surface area (Å²) < 4.78 is 0. The van der Waals surface area contributed by atoms with Crippen molar-refractivity contribution in [3.63, 3.8) is 0 Å². The molecular weight excluding hydrogens is 268 g/mol. The van der Waals surface area contributed by atoms with Crippen LogP contribution in [-0.2, 0) is 0 Å². The summed E-state index contributed by atoms with van der Waals surface area (Å²) in [5, 5.41) is 10.1. The van der Waals surface area contributed by atoms with E-state index in [0.717, 1.165) is 42.4 Å². The molecule has 1 heteroatoms. The fourth-order valence-corrected chi connectivity index (χ4v) is 8.01. The Morgan fingerprint density at radius 1 is 0.864 bits per heavy atom. The topological polar surface area (TPSA) is 20.2 Å². The van der Waals surface area contributed by atoms with E-state index in [2.05, 4.69) is 20.8 Å². The van der Waals surface area contributed by atoms with E-state index >= 15 is 0 Å². The van der Waals surface area contributed by atoms with Crippen molar-refractivity contribution in [3.8, 4) is 0 Å². The summed E-state index contributed by atoms with van der Waals surface area (Å²) in [5.74, 6) is 4.79. The summed E-state index contributed by atoms with van der Waals surface area (Å²) in [6.45, 7) is 7.68. The van der Waals surface area contributed by atoms with Crippen molar-refractivity contribution < 1.29 is 5.11 Å². The Morgan fingerprint density at radius 3 is 2.36 bits per heavy atom. The van der Waals surface area contributed by atoms with E-state index in [4.69, 9.17) is 0 Å². The molecule has 0 heterocycles. The Balaban J connectivity index is 1.61. The van der Waals surface area contributed by atoms with Crippen LogP contribution in [0.5, 0.6) is 0 Å². The molecule has 0 aliphatic heterocycles. The van der Waals surface area contributed by atoms with Crippen LogP contribution in [0, 0.1) is 40.4 Å². The lowest BCUT2D eigenvalue weighted by Gasteiger charge is -2.61. The highest BCUT2D eigenvalue weighted by atomic mass is 16.3. The van der Waals surface area contributed by atoms with Gasteiger partial charge in [0.05, 0.1) is 6.10 Å². The van der Waals surface area contributed by atoms with Crippen molar-refractivity contribution in [2.75, 3.05) is 0 Å². The molecule has 0 amide bonds. The lowest BCUT2D eigenvalue weighted by molar-refractivity contribution is -0.126. The highest BCUT2D eigenvalue weighted by molar-refractivity contribution is 5.08. The molecule has 4 rings (SSSR count). The van der Waals surface area contributed by atoms with E-state index in [9.17, 15) is 5.11 Å². The Hall–Kier alpha value is -0.0400. The Bertz CT molecular complexity index is 432. The lowest BCUT2D eigenvalue weighted by atomic mass is 9.44. The van der Waals surface area contributed by atoms with Crippen LogP contribution < -0.4 is 0 Å². The van der Waals surface area contributed by atoms with E-state index in [1.54, 1.807) is 0 Å². The molecule has 4 saturated carbocycles. The van der Waals surface area contributed by atoms with Crippen LogP contribution >= 0.6 is 0 Å². The summed E-state index contributed by atoms with van der Waals surface area (Å²) in [6, 6.07) is 0. The fraction of sp³-hybridized carbons (Fsp3) is 1.00. The van der Waals surface area contributed by atoms with E-state index in [-0.39, 0.29) is 6.10 Å². The smallest absolute Gasteiger partial charge is 0.0543 e. The van der Waals surface area contributed by atoms with Gasteiger partial charge in [-0.25, -0.2) is 0 Å². The molecule has 4 aliphatic carbocycles. The second kappa shape index (κ2) is 5.23. The first-order chi connectivity index (χ1) is 10.5. The number of aliphatic hydroxyl groups excluding tert-OH is 1. The van der Waals surface area contributed by atoms with Gasteiger partial charge in [0.15, 0.2) is 0 Å². The van der Waals surface area contributed by atoms with Gasteiger partial charge in [0.2, 0.25) is 0 Å². The minimum Gasteiger partial charge on any atom is -0.393 e. The van der Waals surface area contributed by atoms with E-state index in [1.807, 2.05) is 0 Å². The van der Waals surface area contributed by atoms with Crippen LogP contribution in [0.15, 0.2) is 0 Å². The second-order valence-electron chi connectivity index (χ2n) is 9.81. The summed E-state index contributed by atoms with van der Waals surface area (Å²) in [4.78, 5) is 0. The summed E-state index contributed by atoms with van der Waals surface area (Å²) in [7, 11) is 0. The maximum Gasteiger partial charge on any atom is 0.0543 e. The largest absolute Gasteiger partial charge is 0.393 e. The van der Waals surface area contributed by atoms with Gasteiger partial charge in [0.25, 0.3) is 0 Å². The van der Waals surface area contributed by atoms with Crippen LogP contribution in [0.1, 0.15) is 85.0 Å². The zero-order valence-corrected chi connectivity index (χ0v) is 15.0. The van der Waals surface area contributed by atoms with Gasteiger partial charge >= 0.3 is 0 Å². The Labute approximate surface area is 137 Å². The predicted molar refractivity (Wildman–Crippen MR) is 91.5 cm³/mol. The van der Waals surface area contributed by atoms with Gasteiger partial charge in [-0.05, 0) is 98.2 Å². The number of rotatable bonds is 1. The quantitative estimate of drug-likeness (QED) is 0.686. The third kappa shape index (κ3) is 2.00. The van der Waals surface area contributed by atoms with Gasteiger partial charge in [-0.15, -0.1) is 0 Å². The molecule has 0 aromatic carbocycles. The molecule has 0 saturated heterocycles. The number of aliphatic hydroxyl groups is 1. The highest BCUT2D eigenvalue weighted by Gasteiger charge is 2.59. The van der Waals surface area contributed by atoms with Gasteiger partial charge in [-0.3, -0.25) is 0 Å². The molecule has 0 radical (unpaired) electrons.